The summed E-state index contributed by atoms with van der Waals surface area (Å²) in [4.78, 5) is 10.6. The van der Waals surface area contributed by atoms with Crippen molar-refractivity contribution < 1.29 is 27.4 Å². The van der Waals surface area contributed by atoms with Gasteiger partial charge in [0.05, 0.1) is 17.6 Å². The van der Waals surface area contributed by atoms with E-state index in [4.69, 9.17) is 9.84 Å². The third kappa shape index (κ3) is 3.85. The molecule has 0 aliphatic heterocycles. The SMILES string of the molecule is COc1ccccc1CNS(=O)(=O)c1ccc(F)c(C(=O)O)c1. The van der Waals surface area contributed by atoms with E-state index < -0.39 is 27.4 Å². The summed E-state index contributed by atoms with van der Waals surface area (Å²) in [7, 11) is -2.53. The number of rotatable bonds is 6. The Morgan fingerprint density at radius 1 is 1.26 bits per heavy atom. The highest BCUT2D eigenvalue weighted by Crippen LogP contribution is 2.19. The maximum Gasteiger partial charge on any atom is 0.338 e. The van der Waals surface area contributed by atoms with Gasteiger partial charge in [-0.3, -0.25) is 0 Å². The van der Waals surface area contributed by atoms with E-state index in [0.717, 1.165) is 18.2 Å². The Labute approximate surface area is 132 Å². The zero-order valence-electron chi connectivity index (χ0n) is 12.1. The summed E-state index contributed by atoms with van der Waals surface area (Å²) in [6.07, 6.45) is 0. The van der Waals surface area contributed by atoms with E-state index in [1.807, 2.05) is 0 Å². The number of halogens is 1. The number of para-hydroxylation sites is 1. The van der Waals surface area contributed by atoms with Crippen molar-refractivity contribution in [2.24, 2.45) is 0 Å². The Bertz CT molecular complexity index is 836. The second-order valence-corrected chi connectivity index (χ2v) is 6.35. The highest BCUT2D eigenvalue weighted by molar-refractivity contribution is 7.89. The molecule has 2 aromatic carbocycles. The zero-order chi connectivity index (χ0) is 17.0. The molecule has 23 heavy (non-hydrogen) atoms. The van der Waals surface area contributed by atoms with Crippen molar-refractivity contribution in [1.29, 1.82) is 0 Å². The van der Waals surface area contributed by atoms with E-state index in [2.05, 4.69) is 4.72 Å². The van der Waals surface area contributed by atoms with Crippen LogP contribution in [0.4, 0.5) is 4.39 Å². The Balaban J connectivity index is 2.26. The first-order valence-corrected chi connectivity index (χ1v) is 7.98. The second kappa shape index (κ2) is 6.76. The van der Waals surface area contributed by atoms with Crippen LogP contribution in [0.2, 0.25) is 0 Å². The molecule has 2 rings (SSSR count). The Kier molecular flexibility index (Phi) is 4.97. The molecule has 0 atom stereocenters. The van der Waals surface area contributed by atoms with Gasteiger partial charge in [-0.15, -0.1) is 0 Å². The summed E-state index contributed by atoms with van der Waals surface area (Å²) in [5, 5.41) is 8.86. The summed E-state index contributed by atoms with van der Waals surface area (Å²) in [6.45, 7) is -0.0495. The molecule has 2 aromatic rings. The molecule has 0 radical (unpaired) electrons. The van der Waals surface area contributed by atoms with Gasteiger partial charge in [0.15, 0.2) is 0 Å². The number of hydrogen-bond donors (Lipinski definition) is 2. The fourth-order valence-electron chi connectivity index (χ4n) is 1.94. The van der Waals surface area contributed by atoms with E-state index in [0.29, 0.717) is 11.3 Å². The molecule has 0 aromatic heterocycles. The van der Waals surface area contributed by atoms with Gasteiger partial charge in [-0.1, -0.05) is 18.2 Å². The van der Waals surface area contributed by atoms with Gasteiger partial charge in [-0.25, -0.2) is 22.3 Å². The number of benzene rings is 2. The van der Waals surface area contributed by atoms with E-state index in [9.17, 15) is 17.6 Å². The van der Waals surface area contributed by atoms with Crippen molar-refractivity contribution in [3.63, 3.8) is 0 Å². The normalized spacial score (nSPS) is 11.2. The molecule has 0 saturated heterocycles. The summed E-state index contributed by atoms with van der Waals surface area (Å²) < 4.78 is 45.2. The number of carboxylic acid groups (broad SMARTS) is 1. The van der Waals surface area contributed by atoms with E-state index in [1.165, 1.54) is 7.11 Å². The highest BCUT2D eigenvalue weighted by atomic mass is 32.2. The molecule has 0 amide bonds. The monoisotopic (exact) mass is 339 g/mol. The lowest BCUT2D eigenvalue weighted by molar-refractivity contribution is 0.0691. The molecule has 0 aliphatic rings. The summed E-state index contributed by atoms with van der Waals surface area (Å²) in [5.74, 6) is -2.02. The van der Waals surface area contributed by atoms with Crippen LogP contribution in [0.3, 0.4) is 0 Å². The van der Waals surface area contributed by atoms with Crippen molar-refractivity contribution in [3.05, 3.63) is 59.4 Å². The van der Waals surface area contributed by atoms with E-state index in [-0.39, 0.29) is 11.4 Å². The molecule has 122 valence electrons. The predicted octanol–water partition coefficient (Wildman–Crippen LogP) is 2.01. The number of ether oxygens (including phenoxy) is 1. The van der Waals surface area contributed by atoms with Gasteiger partial charge >= 0.3 is 5.97 Å². The fraction of sp³-hybridized carbons (Fsp3) is 0.133. The summed E-state index contributed by atoms with van der Waals surface area (Å²) in [5.41, 5.74) is -0.0932. The van der Waals surface area contributed by atoms with Crippen LogP contribution in [-0.4, -0.2) is 26.6 Å². The zero-order valence-corrected chi connectivity index (χ0v) is 12.9. The molecular formula is C15H14FNO5S. The van der Waals surface area contributed by atoms with Gasteiger partial charge in [0.1, 0.15) is 11.6 Å². The minimum absolute atomic E-state index is 0.0495. The number of carboxylic acids is 1. The minimum Gasteiger partial charge on any atom is -0.496 e. The van der Waals surface area contributed by atoms with Gasteiger partial charge in [-0.2, -0.15) is 0 Å². The number of carbonyl (C=O) groups is 1. The third-order valence-corrected chi connectivity index (χ3v) is 4.52. The minimum atomic E-state index is -3.99. The van der Waals surface area contributed by atoms with Crippen molar-refractivity contribution in [1.82, 2.24) is 4.72 Å². The number of sulfonamides is 1. The number of nitrogens with one attached hydrogen (secondary N) is 1. The van der Waals surface area contributed by atoms with Gasteiger partial charge in [-0.05, 0) is 24.3 Å². The molecule has 8 heteroatoms. The van der Waals surface area contributed by atoms with Crippen molar-refractivity contribution in [2.75, 3.05) is 7.11 Å². The van der Waals surface area contributed by atoms with E-state index >= 15 is 0 Å². The second-order valence-electron chi connectivity index (χ2n) is 4.58. The maximum absolute atomic E-state index is 13.3. The predicted molar refractivity (Wildman–Crippen MR) is 80.4 cm³/mol. The van der Waals surface area contributed by atoms with Crippen LogP contribution in [0.5, 0.6) is 5.75 Å². The van der Waals surface area contributed by atoms with Crippen molar-refractivity contribution in [2.45, 2.75) is 11.4 Å². The first kappa shape index (κ1) is 16.9. The van der Waals surface area contributed by atoms with E-state index in [1.54, 1.807) is 24.3 Å². The maximum atomic E-state index is 13.3. The van der Waals surface area contributed by atoms with Gasteiger partial charge < -0.3 is 9.84 Å². The van der Waals surface area contributed by atoms with Crippen LogP contribution >= 0.6 is 0 Å². The van der Waals surface area contributed by atoms with Crippen LogP contribution in [0.15, 0.2) is 47.4 Å². The molecule has 6 nitrogen and oxygen atoms in total. The lowest BCUT2D eigenvalue weighted by Crippen LogP contribution is -2.24. The molecule has 2 N–H and O–H groups in total. The number of aromatic carboxylic acids is 1. The number of hydrogen-bond acceptors (Lipinski definition) is 4. The lowest BCUT2D eigenvalue weighted by atomic mass is 10.2. The van der Waals surface area contributed by atoms with Crippen LogP contribution in [0.25, 0.3) is 0 Å². The van der Waals surface area contributed by atoms with Crippen molar-refractivity contribution in [3.8, 4) is 5.75 Å². The average molecular weight is 339 g/mol. The summed E-state index contributed by atoms with van der Waals surface area (Å²) >= 11 is 0. The fourth-order valence-corrected chi connectivity index (χ4v) is 2.97. The summed E-state index contributed by atoms with van der Waals surface area (Å²) in [6, 6.07) is 9.44. The molecule has 0 heterocycles. The highest BCUT2D eigenvalue weighted by Gasteiger charge is 2.19. The van der Waals surface area contributed by atoms with Crippen LogP contribution in [0.1, 0.15) is 15.9 Å². The Morgan fingerprint density at radius 3 is 2.61 bits per heavy atom. The largest absolute Gasteiger partial charge is 0.496 e. The Hall–Kier alpha value is -2.45. The first-order chi connectivity index (χ1) is 10.8. The molecular weight excluding hydrogens is 325 g/mol. The van der Waals surface area contributed by atoms with Gasteiger partial charge in [0, 0.05) is 12.1 Å². The van der Waals surface area contributed by atoms with Gasteiger partial charge in [0.2, 0.25) is 10.0 Å². The van der Waals surface area contributed by atoms with Crippen LogP contribution in [-0.2, 0) is 16.6 Å². The van der Waals surface area contributed by atoms with Crippen LogP contribution < -0.4 is 9.46 Å². The topological polar surface area (TPSA) is 92.7 Å². The molecule has 0 saturated carbocycles. The molecule has 0 bridgehead atoms. The molecule has 0 spiro atoms. The molecule has 0 aliphatic carbocycles. The standard InChI is InChI=1S/C15H14FNO5S/c1-22-14-5-3-2-4-10(14)9-17-23(20,21)11-6-7-13(16)12(8-11)15(18)19/h2-8,17H,9H2,1H3,(H,18,19). The van der Waals surface area contributed by atoms with Gasteiger partial charge in [0.25, 0.3) is 0 Å². The first-order valence-electron chi connectivity index (χ1n) is 6.49. The molecule has 0 unspecified atom stereocenters. The van der Waals surface area contributed by atoms with Crippen molar-refractivity contribution >= 4 is 16.0 Å². The third-order valence-electron chi connectivity index (χ3n) is 3.12. The number of methoxy groups -OCH3 is 1. The smallest absolute Gasteiger partial charge is 0.338 e. The molecule has 0 fully saturated rings. The quantitative estimate of drug-likeness (QED) is 0.840. The lowest BCUT2D eigenvalue weighted by Gasteiger charge is -2.10. The average Bonchev–Trinajstić information content (AvgIpc) is 2.53. The Morgan fingerprint density at radius 2 is 1.96 bits per heavy atom. The van der Waals surface area contributed by atoms with Crippen LogP contribution in [0, 0.1) is 5.82 Å².